The summed E-state index contributed by atoms with van der Waals surface area (Å²) >= 11 is 0. The van der Waals surface area contributed by atoms with Crippen LogP contribution in [-0.4, -0.2) is 103 Å². The second-order valence-corrected chi connectivity index (χ2v) is 11.8. The number of fused-ring (bicyclic) bond motifs is 2. The minimum absolute atomic E-state index is 0.143. The molecule has 15 heteroatoms. The van der Waals surface area contributed by atoms with E-state index < -0.39 is 77.8 Å². The largest absolute Gasteiger partial charge is 0.479 e. The first-order chi connectivity index (χ1) is 21.1. The Morgan fingerprint density at radius 3 is 2.27 bits per heavy atom. The van der Waals surface area contributed by atoms with Crippen molar-refractivity contribution in [3.63, 3.8) is 0 Å². The number of carbonyl (C=O) groups excluding carboxylic acids is 2. The highest BCUT2D eigenvalue weighted by atomic mass is 16.8. The number of carboxylic acids is 3. The van der Waals surface area contributed by atoms with Crippen LogP contribution in [0.15, 0.2) is 42.5 Å². The van der Waals surface area contributed by atoms with Gasteiger partial charge in [0.25, 0.3) is 5.60 Å². The van der Waals surface area contributed by atoms with Crippen molar-refractivity contribution < 1.29 is 68.5 Å². The molecule has 0 spiro atoms. The quantitative estimate of drug-likeness (QED) is 0.123. The number of esters is 1. The fourth-order valence-corrected chi connectivity index (χ4v) is 6.00. The van der Waals surface area contributed by atoms with Gasteiger partial charge in [0, 0.05) is 25.8 Å². The molecule has 0 aromatic heterocycles. The average Bonchev–Trinajstić information content (AvgIpc) is 3.78. The smallest absolute Gasteiger partial charge is 0.407 e. The van der Waals surface area contributed by atoms with Crippen LogP contribution >= 0.6 is 0 Å². The van der Waals surface area contributed by atoms with E-state index in [9.17, 15) is 49.5 Å². The Labute approximate surface area is 257 Å². The summed E-state index contributed by atoms with van der Waals surface area (Å²) in [6, 6.07) is 9.28. The molecule has 2 unspecified atom stereocenters. The van der Waals surface area contributed by atoms with Gasteiger partial charge in [-0.1, -0.05) is 43.8 Å². The Balaban J connectivity index is 1.67. The van der Waals surface area contributed by atoms with Crippen LogP contribution in [0, 0.1) is 11.8 Å². The summed E-state index contributed by atoms with van der Waals surface area (Å²) in [5.41, 5.74) is -6.23. The number of hydrogen-bond donors (Lipinski definition) is 6. The minimum Gasteiger partial charge on any atom is -0.479 e. The number of carboxylic acid groups (broad SMARTS) is 3. The number of rotatable bonds is 14. The van der Waals surface area contributed by atoms with Crippen molar-refractivity contribution in [1.82, 2.24) is 5.32 Å². The van der Waals surface area contributed by atoms with Gasteiger partial charge in [0.2, 0.25) is 17.5 Å². The summed E-state index contributed by atoms with van der Waals surface area (Å²) in [6.07, 6.45) is -8.41. The number of hydrogen-bond acceptors (Lipinski definition) is 11. The zero-order chi connectivity index (χ0) is 33.3. The molecule has 1 amide bonds. The van der Waals surface area contributed by atoms with Crippen LogP contribution in [0.4, 0.5) is 4.79 Å². The van der Waals surface area contributed by atoms with E-state index in [1.54, 1.807) is 6.92 Å². The number of aliphatic carboxylic acids is 3. The summed E-state index contributed by atoms with van der Waals surface area (Å²) in [4.78, 5) is 62.2. The summed E-state index contributed by atoms with van der Waals surface area (Å²) in [7, 11) is 0. The lowest BCUT2D eigenvalue weighted by Crippen LogP contribution is -2.78. The van der Waals surface area contributed by atoms with E-state index in [1.165, 1.54) is 6.92 Å². The molecule has 3 fully saturated rings. The fraction of sp³-hybridized carbons (Fsp3) is 0.567. The predicted octanol–water partition coefficient (Wildman–Crippen LogP) is 0.848. The topological polar surface area (TPSA) is 235 Å². The second kappa shape index (κ2) is 12.7. The molecular formula is C30H37NO14. The van der Waals surface area contributed by atoms with E-state index in [0.717, 1.165) is 18.4 Å². The number of alkyl carbamates (subject to hydrolysis) is 1. The summed E-state index contributed by atoms with van der Waals surface area (Å²) in [5.74, 6) is -10.1. The van der Waals surface area contributed by atoms with Crippen LogP contribution in [0.2, 0.25) is 0 Å². The van der Waals surface area contributed by atoms with Crippen LogP contribution in [-0.2, 0) is 44.5 Å². The van der Waals surface area contributed by atoms with Gasteiger partial charge < -0.3 is 49.8 Å². The molecule has 2 saturated heterocycles. The van der Waals surface area contributed by atoms with Crippen LogP contribution in [0.1, 0.15) is 45.1 Å². The number of benzene rings is 1. The van der Waals surface area contributed by atoms with Crippen molar-refractivity contribution in [2.45, 2.75) is 87.4 Å². The number of aliphatic hydroxyl groups is 2. The third-order valence-corrected chi connectivity index (χ3v) is 8.48. The van der Waals surface area contributed by atoms with Crippen molar-refractivity contribution in [2.24, 2.45) is 11.8 Å². The van der Waals surface area contributed by atoms with Crippen molar-refractivity contribution >= 4 is 30.0 Å². The molecule has 3 aliphatic rings. The minimum atomic E-state index is -3.88. The zero-order valence-corrected chi connectivity index (χ0v) is 24.7. The number of amides is 1. The van der Waals surface area contributed by atoms with Crippen molar-refractivity contribution in [1.29, 1.82) is 0 Å². The molecule has 1 aliphatic carbocycles. The Morgan fingerprint density at radius 2 is 1.73 bits per heavy atom. The summed E-state index contributed by atoms with van der Waals surface area (Å²) in [5, 5.41) is 55.3. The van der Waals surface area contributed by atoms with Crippen LogP contribution in [0.5, 0.6) is 0 Å². The maximum absolute atomic E-state index is 12.8. The molecule has 4 rings (SSSR count). The first kappa shape index (κ1) is 33.8. The zero-order valence-electron chi connectivity index (χ0n) is 24.7. The first-order valence-corrected chi connectivity index (χ1v) is 14.4. The number of nitrogens with one attached hydrogen (secondary N) is 1. The predicted molar refractivity (Wildman–Crippen MR) is 150 cm³/mol. The molecule has 2 aliphatic heterocycles. The molecule has 2 bridgehead atoms. The van der Waals surface area contributed by atoms with E-state index in [1.807, 2.05) is 30.3 Å². The molecule has 15 nitrogen and oxygen atoms in total. The average molecular weight is 636 g/mol. The second-order valence-electron chi connectivity index (χ2n) is 11.8. The normalized spacial score (nSPS) is 31.7. The Morgan fingerprint density at radius 1 is 1.09 bits per heavy atom. The molecule has 8 atom stereocenters. The Bertz CT molecular complexity index is 1350. The molecule has 2 heterocycles. The van der Waals surface area contributed by atoms with Gasteiger partial charge in [-0.2, -0.15) is 0 Å². The van der Waals surface area contributed by atoms with E-state index in [2.05, 4.69) is 11.9 Å². The van der Waals surface area contributed by atoms with Crippen LogP contribution in [0.3, 0.4) is 0 Å². The fourth-order valence-electron chi connectivity index (χ4n) is 6.00. The summed E-state index contributed by atoms with van der Waals surface area (Å²) < 4.78 is 21.8. The van der Waals surface area contributed by atoms with Crippen LogP contribution in [0.25, 0.3) is 0 Å². The van der Waals surface area contributed by atoms with Crippen molar-refractivity contribution in [2.75, 3.05) is 6.54 Å². The van der Waals surface area contributed by atoms with Gasteiger partial charge in [0.1, 0.15) is 12.2 Å². The Kier molecular flexibility index (Phi) is 9.59. The molecule has 1 aromatic carbocycles. The van der Waals surface area contributed by atoms with Gasteiger partial charge >= 0.3 is 30.0 Å². The SMILES string of the molecule is C=C(CC[C@@]12O[C@H](C(=O)O)[C@@](O)(C(=O)O)[C@@](C(=O)O)(O1)[C@H](OC(=O)NCC1CC1)[C@H]2O)C(OC(C)=O)C(C)Cc1ccccc1. The number of carbonyl (C=O) groups is 5. The first-order valence-electron chi connectivity index (χ1n) is 14.4. The highest BCUT2D eigenvalue weighted by Crippen LogP contribution is 2.55. The third-order valence-electron chi connectivity index (χ3n) is 8.48. The maximum atomic E-state index is 12.8. The number of ether oxygens (including phenoxy) is 4. The lowest BCUT2D eigenvalue weighted by Gasteiger charge is -2.48. The van der Waals surface area contributed by atoms with Gasteiger partial charge in [-0.05, 0) is 42.7 Å². The third kappa shape index (κ3) is 6.25. The van der Waals surface area contributed by atoms with E-state index in [0.29, 0.717) is 6.42 Å². The highest BCUT2D eigenvalue weighted by Gasteiger charge is 2.85. The van der Waals surface area contributed by atoms with Gasteiger partial charge in [0.15, 0.2) is 6.10 Å². The molecule has 1 saturated carbocycles. The van der Waals surface area contributed by atoms with E-state index in [4.69, 9.17) is 18.9 Å². The van der Waals surface area contributed by atoms with Gasteiger partial charge in [-0.25, -0.2) is 19.2 Å². The van der Waals surface area contributed by atoms with Crippen LogP contribution < -0.4 is 5.32 Å². The van der Waals surface area contributed by atoms with E-state index in [-0.39, 0.29) is 30.4 Å². The molecule has 0 radical (unpaired) electrons. The van der Waals surface area contributed by atoms with Gasteiger partial charge in [0.05, 0.1) is 0 Å². The summed E-state index contributed by atoms with van der Waals surface area (Å²) in [6.45, 7) is 7.14. The molecule has 246 valence electrons. The monoisotopic (exact) mass is 635 g/mol. The lowest BCUT2D eigenvalue weighted by molar-refractivity contribution is -0.373. The molecule has 1 aromatic rings. The number of aliphatic hydroxyl groups excluding tert-OH is 1. The highest BCUT2D eigenvalue weighted by molar-refractivity contribution is 5.98. The van der Waals surface area contributed by atoms with Crippen molar-refractivity contribution in [3.8, 4) is 0 Å². The standard InChI is InChI=1S/C30H37NO14/c1-15(20(42-17(3)32)16(2)13-18-7-5-4-6-8-18)11-12-28-21(33)22(43-27(40)31-14-19-9-10-19)30(45-28,26(38)39)29(41,25(36)37)23(44-28)24(34)35/h4-8,16,19-23,33,41H,1,9-14H2,2-3H3,(H,31,40)(H,34,35)(H,36,37)(H,38,39)/t16?,20?,21-,22-,23-,28-,29-,30-/m1/s1. The molecule has 6 N–H and O–H groups in total. The van der Waals surface area contributed by atoms with E-state index >= 15 is 0 Å². The van der Waals surface area contributed by atoms with Gasteiger partial charge in [-0.15, -0.1) is 0 Å². The lowest BCUT2D eigenvalue weighted by atomic mass is 9.74. The molecule has 45 heavy (non-hydrogen) atoms. The van der Waals surface area contributed by atoms with Crippen molar-refractivity contribution in [3.05, 3.63) is 48.0 Å². The van der Waals surface area contributed by atoms with Gasteiger partial charge in [-0.3, -0.25) is 4.79 Å². The maximum Gasteiger partial charge on any atom is 0.407 e. The Hall–Kier alpha value is -4.05. The molecular weight excluding hydrogens is 598 g/mol.